The first-order valence-electron chi connectivity index (χ1n) is 6.56. The summed E-state index contributed by atoms with van der Waals surface area (Å²) < 4.78 is 32.5. The first-order valence-corrected chi connectivity index (χ1v) is 8.05. The third-order valence-electron chi connectivity index (χ3n) is 3.47. The number of nitrogens with one attached hydrogen (secondary N) is 1. The molecule has 110 valence electrons. The van der Waals surface area contributed by atoms with Crippen molar-refractivity contribution in [2.24, 2.45) is 5.92 Å². The number of aryl methyl sites for hydroxylation is 2. The van der Waals surface area contributed by atoms with Crippen molar-refractivity contribution in [1.82, 2.24) is 4.72 Å². The zero-order valence-electron chi connectivity index (χ0n) is 12.0. The summed E-state index contributed by atoms with van der Waals surface area (Å²) in [6.45, 7) is 7.38. The van der Waals surface area contributed by atoms with Gasteiger partial charge in [0.05, 0.1) is 6.61 Å². The van der Waals surface area contributed by atoms with Crippen molar-refractivity contribution in [3.05, 3.63) is 17.1 Å². The molecule has 2 N–H and O–H groups in total. The van der Waals surface area contributed by atoms with E-state index in [-0.39, 0.29) is 11.5 Å². The number of hydrogen-bond donors (Lipinski definition) is 2. The molecule has 1 aromatic rings. The van der Waals surface area contributed by atoms with Crippen LogP contribution >= 0.6 is 0 Å². The van der Waals surface area contributed by atoms with E-state index in [9.17, 15) is 13.5 Å². The van der Waals surface area contributed by atoms with Gasteiger partial charge in [0.25, 0.3) is 0 Å². The van der Waals surface area contributed by atoms with E-state index in [0.717, 1.165) is 12.8 Å². The molecule has 5 nitrogen and oxygen atoms in total. The minimum atomic E-state index is -3.63. The Morgan fingerprint density at radius 3 is 2.26 bits per heavy atom. The highest BCUT2D eigenvalue weighted by molar-refractivity contribution is 7.89. The number of aliphatic hydroxyl groups excluding tert-OH is 1. The van der Waals surface area contributed by atoms with Crippen LogP contribution < -0.4 is 4.72 Å². The summed E-state index contributed by atoms with van der Waals surface area (Å²) in [5, 5.41) is 9.29. The molecule has 0 aliphatic carbocycles. The Kier molecular flexibility index (Phi) is 5.58. The minimum absolute atomic E-state index is 0.0819. The molecule has 0 spiro atoms. The smallest absolute Gasteiger partial charge is 0.244 e. The van der Waals surface area contributed by atoms with Gasteiger partial charge in [-0.25, -0.2) is 13.1 Å². The van der Waals surface area contributed by atoms with Crippen LogP contribution in [0, 0.1) is 19.8 Å². The third-order valence-corrected chi connectivity index (χ3v) is 5.09. The Bertz CT molecular complexity index is 515. The van der Waals surface area contributed by atoms with Gasteiger partial charge in [0, 0.05) is 12.1 Å². The van der Waals surface area contributed by atoms with E-state index in [0.29, 0.717) is 29.5 Å². The molecule has 1 heterocycles. The van der Waals surface area contributed by atoms with Crippen LogP contribution in [0.2, 0.25) is 0 Å². The summed E-state index contributed by atoms with van der Waals surface area (Å²) in [4.78, 5) is 0.0819. The zero-order valence-corrected chi connectivity index (χ0v) is 12.8. The van der Waals surface area contributed by atoms with Crippen molar-refractivity contribution in [2.45, 2.75) is 52.0 Å². The molecule has 0 amide bonds. The quantitative estimate of drug-likeness (QED) is 0.805. The van der Waals surface area contributed by atoms with Gasteiger partial charge in [-0.1, -0.05) is 26.7 Å². The van der Waals surface area contributed by atoms with E-state index in [1.54, 1.807) is 13.8 Å². The summed E-state index contributed by atoms with van der Waals surface area (Å²) in [5.74, 6) is 1.09. The van der Waals surface area contributed by atoms with Crippen LogP contribution in [0.15, 0.2) is 9.31 Å². The summed E-state index contributed by atoms with van der Waals surface area (Å²) in [7, 11) is -3.63. The Balaban J connectivity index is 3.01. The van der Waals surface area contributed by atoms with E-state index < -0.39 is 10.0 Å². The van der Waals surface area contributed by atoms with Gasteiger partial charge in [-0.3, -0.25) is 0 Å². The molecule has 0 aliphatic rings. The van der Waals surface area contributed by atoms with Crippen molar-refractivity contribution in [1.29, 1.82) is 0 Å². The molecule has 0 aliphatic heterocycles. The van der Waals surface area contributed by atoms with Gasteiger partial charge in [0.2, 0.25) is 10.0 Å². The van der Waals surface area contributed by atoms with Gasteiger partial charge in [-0.15, -0.1) is 0 Å². The highest BCUT2D eigenvalue weighted by Gasteiger charge is 2.26. The van der Waals surface area contributed by atoms with E-state index in [4.69, 9.17) is 4.42 Å². The number of furan rings is 1. The van der Waals surface area contributed by atoms with Crippen LogP contribution in [0.25, 0.3) is 0 Å². The molecular formula is C13H23NO4S. The molecule has 0 unspecified atom stereocenters. The first kappa shape index (κ1) is 16.2. The van der Waals surface area contributed by atoms with Crippen molar-refractivity contribution in [2.75, 3.05) is 6.54 Å². The lowest BCUT2D eigenvalue weighted by Crippen LogP contribution is -2.30. The van der Waals surface area contributed by atoms with Gasteiger partial charge in [0.15, 0.2) is 0 Å². The molecule has 0 saturated heterocycles. The van der Waals surface area contributed by atoms with Gasteiger partial charge >= 0.3 is 0 Å². The summed E-state index contributed by atoms with van der Waals surface area (Å²) in [5.41, 5.74) is 0.342. The van der Waals surface area contributed by atoms with E-state index in [1.807, 2.05) is 13.8 Å². The summed E-state index contributed by atoms with van der Waals surface area (Å²) >= 11 is 0. The average Bonchev–Trinajstić information content (AvgIpc) is 2.65. The lowest BCUT2D eigenvalue weighted by Gasteiger charge is -2.13. The maximum absolute atomic E-state index is 12.3. The van der Waals surface area contributed by atoms with Crippen molar-refractivity contribution < 1.29 is 17.9 Å². The Labute approximate surface area is 115 Å². The normalized spacial score (nSPS) is 12.3. The highest BCUT2D eigenvalue weighted by atomic mass is 32.2. The largest absolute Gasteiger partial charge is 0.465 e. The van der Waals surface area contributed by atoms with Crippen LogP contribution in [0.3, 0.4) is 0 Å². The van der Waals surface area contributed by atoms with Gasteiger partial charge in [-0.05, 0) is 19.8 Å². The molecule has 0 aromatic carbocycles. The molecule has 0 fully saturated rings. The molecule has 19 heavy (non-hydrogen) atoms. The Morgan fingerprint density at radius 2 is 1.79 bits per heavy atom. The monoisotopic (exact) mass is 289 g/mol. The fourth-order valence-corrected chi connectivity index (χ4v) is 3.67. The predicted octanol–water partition coefficient (Wildman–Crippen LogP) is 2.10. The standard InChI is InChI=1S/C13H23NO4S/c1-5-11(6-2)7-14-19(16,17)13-10(4)18-9(3)12(13)8-15/h11,14-15H,5-8H2,1-4H3. The maximum Gasteiger partial charge on any atom is 0.244 e. The first-order chi connectivity index (χ1) is 8.87. The summed E-state index contributed by atoms with van der Waals surface area (Å²) in [6.07, 6.45) is 1.85. The van der Waals surface area contributed by atoms with Crippen molar-refractivity contribution >= 4 is 10.0 Å². The minimum Gasteiger partial charge on any atom is -0.465 e. The maximum atomic E-state index is 12.3. The molecule has 1 rings (SSSR count). The van der Waals surface area contributed by atoms with Crippen molar-refractivity contribution in [3.63, 3.8) is 0 Å². The highest BCUT2D eigenvalue weighted by Crippen LogP contribution is 2.26. The van der Waals surface area contributed by atoms with E-state index in [1.165, 1.54) is 0 Å². The van der Waals surface area contributed by atoms with Crippen LogP contribution in [-0.4, -0.2) is 20.1 Å². The lowest BCUT2D eigenvalue weighted by atomic mass is 10.0. The number of sulfonamides is 1. The Hall–Kier alpha value is -0.850. The van der Waals surface area contributed by atoms with E-state index in [2.05, 4.69) is 4.72 Å². The van der Waals surface area contributed by atoms with Crippen LogP contribution in [0.4, 0.5) is 0 Å². The second kappa shape index (κ2) is 6.54. The molecule has 0 atom stereocenters. The van der Waals surface area contributed by atoms with Gasteiger partial charge < -0.3 is 9.52 Å². The van der Waals surface area contributed by atoms with Crippen molar-refractivity contribution in [3.8, 4) is 0 Å². The van der Waals surface area contributed by atoms with Crippen LogP contribution in [0.5, 0.6) is 0 Å². The van der Waals surface area contributed by atoms with Gasteiger partial charge in [-0.2, -0.15) is 0 Å². The fourth-order valence-electron chi connectivity index (χ4n) is 2.12. The zero-order chi connectivity index (χ0) is 14.6. The molecule has 1 aromatic heterocycles. The number of rotatable bonds is 7. The summed E-state index contributed by atoms with van der Waals surface area (Å²) in [6, 6.07) is 0. The van der Waals surface area contributed by atoms with E-state index >= 15 is 0 Å². The average molecular weight is 289 g/mol. The number of hydrogen-bond acceptors (Lipinski definition) is 4. The SMILES string of the molecule is CCC(CC)CNS(=O)(=O)c1c(C)oc(C)c1CO. The molecule has 0 radical (unpaired) electrons. The number of aliphatic hydroxyl groups is 1. The topological polar surface area (TPSA) is 79.5 Å². The molecular weight excluding hydrogens is 266 g/mol. The second-order valence-electron chi connectivity index (χ2n) is 4.71. The van der Waals surface area contributed by atoms with Gasteiger partial charge in [0.1, 0.15) is 16.4 Å². The van der Waals surface area contributed by atoms with Crippen LogP contribution in [-0.2, 0) is 16.6 Å². The molecule has 6 heteroatoms. The van der Waals surface area contributed by atoms with Crippen LogP contribution in [0.1, 0.15) is 43.8 Å². The lowest BCUT2D eigenvalue weighted by molar-refractivity contribution is 0.276. The Morgan fingerprint density at radius 1 is 1.21 bits per heavy atom. The molecule has 0 saturated carbocycles. The fraction of sp³-hybridized carbons (Fsp3) is 0.692. The second-order valence-corrected chi connectivity index (χ2v) is 6.42. The molecule has 0 bridgehead atoms. The third kappa shape index (κ3) is 3.58. The predicted molar refractivity (Wildman–Crippen MR) is 73.4 cm³/mol.